The van der Waals surface area contributed by atoms with E-state index in [0.717, 1.165) is 11.1 Å². The Hall–Kier alpha value is -3.65. The first-order valence-corrected chi connectivity index (χ1v) is 15.5. The van der Waals surface area contributed by atoms with Crippen LogP contribution in [0.15, 0.2) is 108 Å². The molecular weight excluding hydrogens is 554 g/mol. The molecule has 0 saturated carbocycles. The summed E-state index contributed by atoms with van der Waals surface area (Å²) in [5, 5.41) is 0.445. The summed E-state index contributed by atoms with van der Waals surface area (Å²) in [5.41, 5.74) is 4.54. The largest absolute Gasteiger partial charge is 0.339 e. The second-order valence-electron chi connectivity index (χ2n) is 10.4. The Kier molecular flexibility index (Phi) is 8.78. The van der Waals surface area contributed by atoms with Gasteiger partial charge in [-0.15, -0.1) is 0 Å². The molecule has 5 rings (SSSR count). The number of benzene rings is 4. The normalized spacial score (nSPS) is 14.3. The van der Waals surface area contributed by atoms with Crippen LogP contribution in [0.3, 0.4) is 0 Å². The number of halogens is 1. The highest BCUT2D eigenvalue weighted by Crippen LogP contribution is 2.31. The van der Waals surface area contributed by atoms with Crippen LogP contribution in [0.2, 0.25) is 5.02 Å². The number of amides is 1. The maximum atomic E-state index is 13.8. The van der Waals surface area contributed by atoms with Gasteiger partial charge in [0, 0.05) is 31.2 Å². The molecule has 0 aliphatic carbocycles. The van der Waals surface area contributed by atoms with Crippen molar-refractivity contribution in [1.29, 1.82) is 0 Å². The molecule has 1 amide bonds. The van der Waals surface area contributed by atoms with Crippen molar-refractivity contribution in [2.75, 3.05) is 37.0 Å². The third kappa shape index (κ3) is 6.48. The number of hydrogen-bond acceptors (Lipinski definition) is 4. The van der Waals surface area contributed by atoms with Crippen LogP contribution >= 0.6 is 11.6 Å². The van der Waals surface area contributed by atoms with Crippen molar-refractivity contribution in [2.24, 2.45) is 0 Å². The van der Waals surface area contributed by atoms with Crippen LogP contribution in [0.25, 0.3) is 0 Å². The summed E-state index contributed by atoms with van der Waals surface area (Å²) < 4.78 is 28.8. The van der Waals surface area contributed by atoms with Crippen molar-refractivity contribution in [2.45, 2.75) is 24.8 Å². The second-order valence-corrected chi connectivity index (χ2v) is 12.7. The molecule has 1 saturated heterocycles. The summed E-state index contributed by atoms with van der Waals surface area (Å²) in [5.74, 6) is -0.243. The first kappa shape index (κ1) is 28.9. The lowest BCUT2D eigenvalue weighted by Gasteiger charge is -2.40. The van der Waals surface area contributed by atoms with E-state index in [-0.39, 0.29) is 23.4 Å². The maximum absolute atomic E-state index is 13.8. The lowest BCUT2D eigenvalue weighted by molar-refractivity contribution is -0.131. The van der Waals surface area contributed by atoms with Crippen LogP contribution in [0.4, 0.5) is 5.69 Å². The zero-order valence-corrected chi connectivity index (χ0v) is 24.9. The summed E-state index contributed by atoms with van der Waals surface area (Å²) in [4.78, 5) is 17.9. The fourth-order valence-electron chi connectivity index (χ4n) is 5.23. The smallest absolute Gasteiger partial charge is 0.264 e. The van der Waals surface area contributed by atoms with Crippen LogP contribution in [0, 0.1) is 13.8 Å². The molecule has 8 heteroatoms. The Balaban J connectivity index is 1.36. The predicted molar refractivity (Wildman–Crippen MR) is 165 cm³/mol. The summed E-state index contributed by atoms with van der Waals surface area (Å²) in [6.45, 7) is 5.79. The van der Waals surface area contributed by atoms with Gasteiger partial charge in [-0.05, 0) is 54.8 Å². The minimum absolute atomic E-state index is 0.0720. The molecule has 0 unspecified atom stereocenters. The van der Waals surface area contributed by atoms with E-state index < -0.39 is 10.0 Å². The third-order valence-corrected chi connectivity index (χ3v) is 9.79. The molecule has 41 heavy (non-hydrogen) atoms. The zero-order chi connectivity index (χ0) is 29.0. The molecular formula is C33H34ClN3O3S. The van der Waals surface area contributed by atoms with Crippen LogP contribution in [0.1, 0.15) is 28.3 Å². The molecule has 4 aromatic carbocycles. The van der Waals surface area contributed by atoms with Crippen molar-refractivity contribution >= 4 is 33.2 Å². The van der Waals surface area contributed by atoms with E-state index in [2.05, 4.69) is 29.2 Å². The molecule has 1 aliphatic heterocycles. The number of nitrogens with zero attached hydrogens (tertiary/aromatic N) is 3. The number of carbonyl (C=O) groups is 1. The van der Waals surface area contributed by atoms with Gasteiger partial charge in [0.05, 0.1) is 16.6 Å². The zero-order valence-electron chi connectivity index (χ0n) is 23.3. The van der Waals surface area contributed by atoms with Gasteiger partial charge in [-0.1, -0.05) is 96.0 Å². The Morgan fingerprint density at radius 3 is 1.90 bits per heavy atom. The van der Waals surface area contributed by atoms with Gasteiger partial charge in [-0.3, -0.25) is 14.0 Å². The molecule has 0 atom stereocenters. The van der Waals surface area contributed by atoms with Gasteiger partial charge in [-0.2, -0.15) is 0 Å². The number of aryl methyl sites for hydroxylation is 2. The van der Waals surface area contributed by atoms with E-state index in [1.54, 1.807) is 47.4 Å². The lowest BCUT2D eigenvalue weighted by atomic mass is 9.96. The van der Waals surface area contributed by atoms with Gasteiger partial charge < -0.3 is 4.90 Å². The number of rotatable bonds is 8. The highest BCUT2D eigenvalue weighted by Gasteiger charge is 2.32. The van der Waals surface area contributed by atoms with Crippen molar-refractivity contribution < 1.29 is 13.2 Å². The minimum atomic E-state index is -4.01. The van der Waals surface area contributed by atoms with Crippen LogP contribution < -0.4 is 4.31 Å². The molecule has 212 valence electrons. The van der Waals surface area contributed by atoms with Crippen LogP contribution in [0.5, 0.6) is 0 Å². The highest BCUT2D eigenvalue weighted by atomic mass is 35.5. The van der Waals surface area contributed by atoms with Gasteiger partial charge >= 0.3 is 0 Å². The lowest BCUT2D eigenvalue weighted by Crippen LogP contribution is -2.52. The van der Waals surface area contributed by atoms with Crippen LogP contribution in [-0.4, -0.2) is 56.8 Å². The fraction of sp³-hybridized carbons (Fsp3) is 0.242. The molecule has 0 N–H and O–H groups in total. The number of carbonyl (C=O) groups excluding carboxylic acids is 1. The van der Waals surface area contributed by atoms with Gasteiger partial charge in [0.15, 0.2) is 0 Å². The average molecular weight is 588 g/mol. The SMILES string of the molecule is Cc1ccc(S(=O)(=O)N(CC(=O)N2CCN(C(c3ccccc3)c3ccccc3)CC2)c2ccc(C)c(Cl)c2)cc1. The van der Waals surface area contributed by atoms with E-state index >= 15 is 0 Å². The monoisotopic (exact) mass is 587 g/mol. The fourth-order valence-corrected chi connectivity index (χ4v) is 6.81. The topological polar surface area (TPSA) is 60.9 Å². The van der Waals surface area contributed by atoms with E-state index in [1.165, 1.54) is 15.4 Å². The molecule has 0 aromatic heterocycles. The van der Waals surface area contributed by atoms with E-state index in [4.69, 9.17) is 11.6 Å². The van der Waals surface area contributed by atoms with E-state index in [1.807, 2.05) is 50.2 Å². The summed E-state index contributed by atoms with van der Waals surface area (Å²) in [7, 11) is -4.01. The Morgan fingerprint density at radius 2 is 1.37 bits per heavy atom. The van der Waals surface area contributed by atoms with Gasteiger partial charge in [0.25, 0.3) is 10.0 Å². The first-order valence-electron chi connectivity index (χ1n) is 13.7. The van der Waals surface area contributed by atoms with Crippen molar-refractivity contribution in [3.05, 3.63) is 130 Å². The molecule has 0 spiro atoms. The standard InChI is InChI=1S/C33H34ClN3O3S/c1-25-13-17-30(18-14-25)41(39,40)37(29-16-15-26(2)31(34)23-29)24-32(38)35-19-21-36(22-20-35)33(27-9-5-3-6-10-27)28-11-7-4-8-12-28/h3-18,23,33H,19-22,24H2,1-2H3. The van der Waals surface area contributed by atoms with E-state index in [0.29, 0.717) is 36.9 Å². The summed E-state index contributed by atoms with van der Waals surface area (Å²) >= 11 is 6.38. The molecule has 0 radical (unpaired) electrons. The second kappa shape index (κ2) is 12.5. The third-order valence-electron chi connectivity index (χ3n) is 7.59. The quantitative estimate of drug-likeness (QED) is 0.250. The summed E-state index contributed by atoms with van der Waals surface area (Å²) in [6, 6.07) is 32.6. The molecule has 0 bridgehead atoms. The number of anilines is 1. The maximum Gasteiger partial charge on any atom is 0.264 e. The molecule has 4 aromatic rings. The van der Waals surface area contributed by atoms with Crippen LogP contribution in [-0.2, 0) is 14.8 Å². The number of piperazine rings is 1. The minimum Gasteiger partial charge on any atom is -0.339 e. The van der Waals surface area contributed by atoms with Crippen molar-refractivity contribution in [3.8, 4) is 0 Å². The van der Waals surface area contributed by atoms with Crippen molar-refractivity contribution in [1.82, 2.24) is 9.80 Å². The molecule has 1 fully saturated rings. The average Bonchev–Trinajstić information content (AvgIpc) is 2.99. The predicted octanol–water partition coefficient (Wildman–Crippen LogP) is 6.09. The number of sulfonamides is 1. The van der Waals surface area contributed by atoms with E-state index in [9.17, 15) is 13.2 Å². The Morgan fingerprint density at radius 1 is 0.805 bits per heavy atom. The Labute approximate surface area is 247 Å². The molecule has 1 aliphatic rings. The van der Waals surface area contributed by atoms with Crippen molar-refractivity contribution in [3.63, 3.8) is 0 Å². The van der Waals surface area contributed by atoms with Gasteiger partial charge in [0.1, 0.15) is 6.54 Å². The summed E-state index contributed by atoms with van der Waals surface area (Å²) in [6.07, 6.45) is 0. The first-order chi connectivity index (χ1) is 19.7. The molecule has 6 nitrogen and oxygen atoms in total. The molecule has 1 heterocycles. The van der Waals surface area contributed by atoms with Gasteiger partial charge in [0.2, 0.25) is 5.91 Å². The number of hydrogen-bond donors (Lipinski definition) is 0. The Bertz CT molecular complexity index is 1550. The van der Waals surface area contributed by atoms with Gasteiger partial charge in [-0.25, -0.2) is 8.42 Å². The highest BCUT2D eigenvalue weighted by molar-refractivity contribution is 7.92.